The van der Waals surface area contributed by atoms with Gasteiger partial charge in [0.25, 0.3) is 0 Å². The molecule has 8 nitrogen and oxygen atoms in total. The van der Waals surface area contributed by atoms with Crippen molar-refractivity contribution < 1.29 is 19.8 Å². The smallest absolute Gasteiger partial charge is 0.332 e. The van der Waals surface area contributed by atoms with Crippen LogP contribution in [0.2, 0.25) is 0 Å². The van der Waals surface area contributed by atoms with Crippen LogP contribution in [0.1, 0.15) is 12.2 Å². The van der Waals surface area contributed by atoms with E-state index < -0.39 is 18.1 Å². The van der Waals surface area contributed by atoms with Crippen LogP contribution in [0, 0.1) is 0 Å². The SMILES string of the molecule is O=C(NCCC(O)C(=O)O)NCc1ncc[nH]1. The molecule has 0 saturated carbocycles. The van der Waals surface area contributed by atoms with Crippen LogP contribution in [0.4, 0.5) is 4.79 Å². The number of aliphatic hydroxyl groups excluding tert-OH is 1. The van der Waals surface area contributed by atoms with Gasteiger partial charge >= 0.3 is 12.0 Å². The van der Waals surface area contributed by atoms with E-state index in [2.05, 4.69) is 20.6 Å². The molecule has 0 aliphatic carbocycles. The minimum absolute atomic E-state index is 0.0382. The van der Waals surface area contributed by atoms with E-state index in [9.17, 15) is 9.59 Å². The molecule has 0 aromatic carbocycles. The number of aliphatic hydroxyl groups is 1. The number of H-pyrrole nitrogens is 1. The summed E-state index contributed by atoms with van der Waals surface area (Å²) in [5.41, 5.74) is 0. The quantitative estimate of drug-likeness (QED) is 0.439. The first-order valence-corrected chi connectivity index (χ1v) is 5.00. The molecule has 1 unspecified atom stereocenters. The molecule has 94 valence electrons. The average Bonchev–Trinajstić information content (AvgIpc) is 2.78. The Morgan fingerprint density at radius 1 is 1.47 bits per heavy atom. The summed E-state index contributed by atoms with van der Waals surface area (Å²) in [6.07, 6.45) is 1.71. The molecule has 1 aromatic heterocycles. The van der Waals surface area contributed by atoms with Gasteiger partial charge in [0.05, 0.1) is 6.54 Å². The molecule has 0 fully saturated rings. The summed E-state index contributed by atoms with van der Waals surface area (Å²) in [4.78, 5) is 28.2. The van der Waals surface area contributed by atoms with Crippen molar-refractivity contribution in [2.45, 2.75) is 19.1 Å². The predicted molar refractivity (Wildman–Crippen MR) is 57.1 cm³/mol. The molecule has 0 spiro atoms. The number of carbonyl (C=O) groups is 2. The number of imidazole rings is 1. The van der Waals surface area contributed by atoms with Crippen molar-refractivity contribution in [2.24, 2.45) is 0 Å². The molecule has 0 radical (unpaired) electrons. The van der Waals surface area contributed by atoms with Crippen molar-refractivity contribution >= 4 is 12.0 Å². The van der Waals surface area contributed by atoms with Crippen LogP contribution in [-0.4, -0.2) is 44.8 Å². The van der Waals surface area contributed by atoms with E-state index in [1.54, 1.807) is 12.4 Å². The monoisotopic (exact) mass is 242 g/mol. The molecule has 2 amide bonds. The molecule has 0 saturated heterocycles. The summed E-state index contributed by atoms with van der Waals surface area (Å²) in [7, 11) is 0. The van der Waals surface area contributed by atoms with Crippen molar-refractivity contribution in [3.05, 3.63) is 18.2 Å². The van der Waals surface area contributed by atoms with Gasteiger partial charge in [-0.05, 0) is 0 Å². The van der Waals surface area contributed by atoms with Crippen LogP contribution in [0.25, 0.3) is 0 Å². The first-order valence-electron chi connectivity index (χ1n) is 5.00. The van der Waals surface area contributed by atoms with Crippen molar-refractivity contribution in [3.8, 4) is 0 Å². The third kappa shape index (κ3) is 4.98. The van der Waals surface area contributed by atoms with Gasteiger partial charge in [0.2, 0.25) is 0 Å². The van der Waals surface area contributed by atoms with Crippen LogP contribution < -0.4 is 10.6 Å². The topological polar surface area (TPSA) is 127 Å². The Morgan fingerprint density at radius 3 is 2.82 bits per heavy atom. The standard InChI is InChI=1S/C9H14N4O4/c14-6(8(15)16)1-2-12-9(17)13-5-7-10-3-4-11-7/h3-4,6,14H,1-2,5H2,(H,10,11)(H,15,16)(H2,12,13,17). The zero-order valence-electron chi connectivity index (χ0n) is 9.01. The highest BCUT2D eigenvalue weighted by Crippen LogP contribution is 1.90. The average molecular weight is 242 g/mol. The van der Waals surface area contributed by atoms with E-state index in [1.807, 2.05) is 0 Å². The number of carboxylic acids is 1. The molecule has 1 atom stereocenters. The first-order chi connectivity index (χ1) is 8.09. The maximum atomic E-state index is 11.2. The lowest BCUT2D eigenvalue weighted by molar-refractivity contribution is -0.146. The maximum absolute atomic E-state index is 11.2. The molecule has 1 aromatic rings. The van der Waals surface area contributed by atoms with Gasteiger partial charge in [-0.15, -0.1) is 0 Å². The van der Waals surface area contributed by atoms with Gasteiger partial charge in [0, 0.05) is 25.4 Å². The lowest BCUT2D eigenvalue weighted by Crippen LogP contribution is -2.37. The fourth-order valence-corrected chi connectivity index (χ4v) is 1.07. The third-order valence-electron chi connectivity index (χ3n) is 1.96. The second kappa shape index (κ2) is 6.48. The molecule has 1 heterocycles. The summed E-state index contributed by atoms with van der Waals surface area (Å²) in [6, 6.07) is -0.445. The Kier molecular flexibility index (Phi) is 4.95. The number of nitrogens with one attached hydrogen (secondary N) is 3. The Balaban J connectivity index is 2.11. The molecule has 5 N–H and O–H groups in total. The molecule has 1 rings (SSSR count). The number of hydrogen-bond donors (Lipinski definition) is 5. The lowest BCUT2D eigenvalue weighted by Gasteiger charge is -2.08. The highest BCUT2D eigenvalue weighted by molar-refractivity contribution is 5.74. The maximum Gasteiger partial charge on any atom is 0.332 e. The van der Waals surface area contributed by atoms with Gasteiger partial charge in [-0.2, -0.15) is 0 Å². The summed E-state index contributed by atoms with van der Waals surface area (Å²) in [5.74, 6) is -0.687. The first kappa shape index (κ1) is 13.0. The van der Waals surface area contributed by atoms with Crippen LogP contribution in [0.15, 0.2) is 12.4 Å². The number of hydrogen-bond acceptors (Lipinski definition) is 4. The van der Waals surface area contributed by atoms with Gasteiger partial charge in [-0.3, -0.25) is 0 Å². The Labute approximate surface area is 97.1 Å². The second-order valence-electron chi connectivity index (χ2n) is 3.29. The highest BCUT2D eigenvalue weighted by Gasteiger charge is 2.12. The number of carboxylic acid groups (broad SMARTS) is 1. The highest BCUT2D eigenvalue weighted by atomic mass is 16.4. The van der Waals surface area contributed by atoms with Gasteiger partial charge in [-0.25, -0.2) is 14.6 Å². The minimum atomic E-state index is -1.46. The molecule has 0 aliphatic heterocycles. The molecule has 0 aliphatic rings. The van der Waals surface area contributed by atoms with Gasteiger partial charge in [-0.1, -0.05) is 0 Å². The summed E-state index contributed by atoms with van der Waals surface area (Å²) < 4.78 is 0. The van der Waals surface area contributed by atoms with Gasteiger partial charge in [0.1, 0.15) is 5.82 Å². The lowest BCUT2D eigenvalue weighted by atomic mass is 10.2. The van der Waals surface area contributed by atoms with Gasteiger partial charge in [0.15, 0.2) is 6.10 Å². The summed E-state index contributed by atoms with van der Waals surface area (Å²) in [6.45, 7) is 0.331. The predicted octanol–water partition coefficient (Wildman–Crippen LogP) is -0.955. The second-order valence-corrected chi connectivity index (χ2v) is 3.29. The number of aliphatic carboxylic acids is 1. The number of aromatic nitrogens is 2. The molecular formula is C9H14N4O4. The zero-order chi connectivity index (χ0) is 12.7. The van der Waals surface area contributed by atoms with Gasteiger partial charge < -0.3 is 25.8 Å². The number of amides is 2. The van der Waals surface area contributed by atoms with E-state index in [1.165, 1.54) is 0 Å². The van der Waals surface area contributed by atoms with E-state index >= 15 is 0 Å². The minimum Gasteiger partial charge on any atom is -0.479 e. The molecule has 17 heavy (non-hydrogen) atoms. The number of carbonyl (C=O) groups excluding carboxylic acids is 1. The van der Waals surface area contributed by atoms with Crippen LogP contribution in [0.3, 0.4) is 0 Å². The largest absolute Gasteiger partial charge is 0.479 e. The van der Waals surface area contributed by atoms with E-state index in [0.717, 1.165) is 0 Å². The van der Waals surface area contributed by atoms with Crippen LogP contribution >= 0.6 is 0 Å². The Morgan fingerprint density at radius 2 is 2.24 bits per heavy atom. The molecule has 8 heteroatoms. The van der Waals surface area contributed by atoms with E-state index in [0.29, 0.717) is 5.82 Å². The van der Waals surface area contributed by atoms with E-state index in [4.69, 9.17) is 10.2 Å². The fourth-order valence-electron chi connectivity index (χ4n) is 1.07. The van der Waals surface area contributed by atoms with Crippen molar-refractivity contribution in [3.63, 3.8) is 0 Å². The van der Waals surface area contributed by atoms with Crippen molar-refractivity contribution in [1.82, 2.24) is 20.6 Å². The van der Waals surface area contributed by atoms with E-state index in [-0.39, 0.29) is 19.5 Å². The summed E-state index contributed by atoms with van der Waals surface area (Å²) >= 11 is 0. The third-order valence-corrected chi connectivity index (χ3v) is 1.96. The number of urea groups is 1. The molecule has 0 bridgehead atoms. The summed E-state index contributed by atoms with van der Waals surface area (Å²) in [5, 5.41) is 22.2. The number of nitrogens with zero attached hydrogens (tertiary/aromatic N) is 1. The van der Waals surface area contributed by atoms with Crippen LogP contribution in [0.5, 0.6) is 0 Å². The Hall–Kier alpha value is -2.09. The number of rotatable bonds is 6. The van der Waals surface area contributed by atoms with Crippen LogP contribution in [-0.2, 0) is 11.3 Å². The fraction of sp³-hybridized carbons (Fsp3) is 0.444. The van der Waals surface area contributed by atoms with Crippen molar-refractivity contribution in [2.75, 3.05) is 6.54 Å². The van der Waals surface area contributed by atoms with Crippen molar-refractivity contribution in [1.29, 1.82) is 0 Å². The normalized spacial score (nSPS) is 11.8. The zero-order valence-corrected chi connectivity index (χ0v) is 9.01. The number of aromatic amines is 1. The molecular weight excluding hydrogens is 228 g/mol. The Bertz CT molecular complexity index is 365.